The summed E-state index contributed by atoms with van der Waals surface area (Å²) in [5, 5.41) is 4.37. The zero-order chi connectivity index (χ0) is 15.0. The lowest BCUT2D eigenvalue weighted by molar-refractivity contribution is 0.620. The van der Waals surface area contributed by atoms with Gasteiger partial charge in [-0.1, -0.05) is 0 Å². The van der Waals surface area contributed by atoms with Gasteiger partial charge in [0.1, 0.15) is 11.6 Å². The number of fused-ring (bicyclic) bond motifs is 1. The third kappa shape index (κ3) is 2.91. The van der Waals surface area contributed by atoms with Crippen molar-refractivity contribution in [1.29, 1.82) is 0 Å². The predicted octanol–water partition coefficient (Wildman–Crippen LogP) is 3.34. The van der Waals surface area contributed by atoms with Crippen molar-refractivity contribution >= 4 is 45.2 Å². The number of imidazole rings is 1. The average molecular weight is 419 g/mol. The molecule has 1 aromatic carbocycles. The molecule has 0 fully saturated rings. The monoisotopic (exact) mass is 418 g/mol. The van der Waals surface area contributed by atoms with Crippen LogP contribution in [0.25, 0.3) is 11.0 Å². The van der Waals surface area contributed by atoms with Crippen molar-refractivity contribution in [3.63, 3.8) is 0 Å². The SMILES string of the molecule is Cn1ccc(Cn2c(CCCl)nc3cc(I)c(F)cc32)n1. The normalized spacial score (nSPS) is 11.4. The highest BCUT2D eigenvalue weighted by molar-refractivity contribution is 14.1. The molecule has 110 valence electrons. The highest BCUT2D eigenvalue weighted by Crippen LogP contribution is 2.23. The van der Waals surface area contributed by atoms with E-state index < -0.39 is 0 Å². The molecule has 0 N–H and O–H groups in total. The van der Waals surface area contributed by atoms with Crippen molar-refractivity contribution in [3.8, 4) is 0 Å². The Morgan fingerprint density at radius 3 is 2.86 bits per heavy atom. The molecular weight excluding hydrogens is 406 g/mol. The van der Waals surface area contributed by atoms with Gasteiger partial charge in [-0.3, -0.25) is 4.68 Å². The first kappa shape index (κ1) is 14.8. The fourth-order valence-electron chi connectivity index (χ4n) is 2.33. The third-order valence-corrected chi connectivity index (χ3v) is 4.29. The number of halogens is 3. The first-order valence-electron chi connectivity index (χ1n) is 6.47. The lowest BCUT2D eigenvalue weighted by Crippen LogP contribution is -2.07. The van der Waals surface area contributed by atoms with Crippen molar-refractivity contribution < 1.29 is 4.39 Å². The Morgan fingerprint density at radius 2 is 2.19 bits per heavy atom. The van der Waals surface area contributed by atoms with Crippen molar-refractivity contribution in [1.82, 2.24) is 19.3 Å². The molecule has 3 aromatic rings. The molecule has 4 nitrogen and oxygen atoms in total. The van der Waals surface area contributed by atoms with Crippen LogP contribution in [0, 0.1) is 9.39 Å². The molecule has 0 saturated carbocycles. The third-order valence-electron chi connectivity index (χ3n) is 3.28. The zero-order valence-corrected chi connectivity index (χ0v) is 14.3. The maximum Gasteiger partial charge on any atom is 0.138 e. The average Bonchev–Trinajstić information content (AvgIpc) is 2.97. The summed E-state index contributed by atoms with van der Waals surface area (Å²) in [6.45, 7) is 0.559. The summed E-state index contributed by atoms with van der Waals surface area (Å²) in [5.74, 6) is 1.10. The quantitative estimate of drug-likeness (QED) is 0.481. The van der Waals surface area contributed by atoms with E-state index in [4.69, 9.17) is 11.6 Å². The molecule has 0 bridgehead atoms. The van der Waals surface area contributed by atoms with Crippen LogP contribution in [-0.2, 0) is 20.0 Å². The van der Waals surface area contributed by atoms with Crippen LogP contribution in [0.15, 0.2) is 24.4 Å². The molecular formula is C14H13ClFIN4. The van der Waals surface area contributed by atoms with Crippen molar-refractivity contribution in [2.75, 3.05) is 5.88 Å². The van der Waals surface area contributed by atoms with E-state index in [0.29, 0.717) is 22.4 Å². The molecule has 0 radical (unpaired) electrons. The topological polar surface area (TPSA) is 35.6 Å². The van der Waals surface area contributed by atoms with Gasteiger partial charge in [-0.25, -0.2) is 9.37 Å². The van der Waals surface area contributed by atoms with E-state index in [1.165, 1.54) is 6.07 Å². The number of alkyl halides is 1. The summed E-state index contributed by atoms with van der Waals surface area (Å²) < 4.78 is 18.2. The summed E-state index contributed by atoms with van der Waals surface area (Å²) in [5.41, 5.74) is 2.47. The van der Waals surface area contributed by atoms with Crippen LogP contribution < -0.4 is 0 Å². The summed E-state index contributed by atoms with van der Waals surface area (Å²) in [7, 11) is 1.87. The number of hydrogen-bond acceptors (Lipinski definition) is 2. The Bertz CT molecular complexity index is 796. The number of hydrogen-bond donors (Lipinski definition) is 0. The van der Waals surface area contributed by atoms with Crippen LogP contribution in [0.1, 0.15) is 11.5 Å². The van der Waals surface area contributed by atoms with E-state index in [-0.39, 0.29) is 5.82 Å². The molecule has 0 aliphatic rings. The molecule has 2 heterocycles. The van der Waals surface area contributed by atoms with E-state index in [0.717, 1.165) is 22.6 Å². The maximum absolute atomic E-state index is 13.9. The lowest BCUT2D eigenvalue weighted by atomic mass is 10.3. The van der Waals surface area contributed by atoms with Gasteiger partial charge < -0.3 is 4.57 Å². The summed E-state index contributed by atoms with van der Waals surface area (Å²) in [6.07, 6.45) is 2.53. The molecule has 0 aliphatic heterocycles. The van der Waals surface area contributed by atoms with Crippen LogP contribution >= 0.6 is 34.2 Å². The second kappa shape index (κ2) is 5.92. The lowest BCUT2D eigenvalue weighted by Gasteiger charge is -2.07. The Kier molecular flexibility index (Phi) is 4.17. The van der Waals surface area contributed by atoms with Gasteiger partial charge in [0, 0.05) is 31.6 Å². The standard InChI is InChI=1S/C14H13ClFIN4/c1-20-5-3-9(19-20)8-21-13-6-10(16)11(17)7-12(13)18-14(21)2-4-15/h3,5-7H,2,4,8H2,1H3. The largest absolute Gasteiger partial charge is 0.322 e. The first-order chi connectivity index (χ1) is 10.1. The number of benzene rings is 1. The van der Waals surface area contributed by atoms with Crippen molar-refractivity contribution in [2.24, 2.45) is 7.05 Å². The van der Waals surface area contributed by atoms with Gasteiger partial charge in [-0.2, -0.15) is 5.10 Å². The number of aromatic nitrogens is 4. The molecule has 0 aliphatic carbocycles. The second-order valence-electron chi connectivity index (χ2n) is 4.79. The minimum Gasteiger partial charge on any atom is -0.322 e. The van der Waals surface area contributed by atoms with E-state index in [9.17, 15) is 4.39 Å². The van der Waals surface area contributed by atoms with Crippen LogP contribution in [0.4, 0.5) is 4.39 Å². The smallest absolute Gasteiger partial charge is 0.138 e. The predicted molar refractivity (Wildman–Crippen MR) is 89.1 cm³/mol. The molecule has 0 amide bonds. The summed E-state index contributed by atoms with van der Waals surface area (Å²) in [4.78, 5) is 4.58. The van der Waals surface area contributed by atoms with Gasteiger partial charge in [0.2, 0.25) is 0 Å². The Morgan fingerprint density at radius 1 is 1.38 bits per heavy atom. The maximum atomic E-state index is 13.9. The number of aryl methyl sites for hydroxylation is 2. The minimum atomic E-state index is -0.234. The molecule has 0 saturated heterocycles. The van der Waals surface area contributed by atoms with Gasteiger partial charge in [-0.15, -0.1) is 11.6 Å². The molecule has 0 unspecified atom stereocenters. The summed E-state index contributed by atoms with van der Waals surface area (Å²) in [6, 6.07) is 5.24. The molecule has 0 atom stereocenters. The molecule has 21 heavy (non-hydrogen) atoms. The van der Waals surface area contributed by atoms with E-state index in [2.05, 4.69) is 10.1 Å². The summed E-state index contributed by atoms with van der Waals surface area (Å²) >= 11 is 7.83. The van der Waals surface area contributed by atoms with E-state index >= 15 is 0 Å². The van der Waals surface area contributed by atoms with E-state index in [1.807, 2.05) is 46.5 Å². The Labute approximate surface area is 140 Å². The van der Waals surface area contributed by atoms with Gasteiger partial charge in [0.15, 0.2) is 0 Å². The fraction of sp³-hybridized carbons (Fsp3) is 0.286. The number of nitrogens with zero attached hydrogens (tertiary/aromatic N) is 4. The van der Waals surface area contributed by atoms with Gasteiger partial charge in [0.25, 0.3) is 0 Å². The Balaban J connectivity index is 2.12. The van der Waals surface area contributed by atoms with Crippen molar-refractivity contribution in [2.45, 2.75) is 13.0 Å². The molecule has 2 aromatic heterocycles. The van der Waals surface area contributed by atoms with Crippen LogP contribution in [0.2, 0.25) is 0 Å². The highest BCUT2D eigenvalue weighted by Gasteiger charge is 2.14. The van der Waals surface area contributed by atoms with Gasteiger partial charge in [0.05, 0.1) is 26.8 Å². The van der Waals surface area contributed by atoms with Crippen molar-refractivity contribution in [3.05, 3.63) is 45.3 Å². The van der Waals surface area contributed by atoms with Crippen LogP contribution in [0.5, 0.6) is 0 Å². The molecule has 3 rings (SSSR count). The fourth-order valence-corrected chi connectivity index (χ4v) is 2.95. The number of rotatable bonds is 4. The van der Waals surface area contributed by atoms with Crippen LogP contribution in [-0.4, -0.2) is 25.2 Å². The van der Waals surface area contributed by atoms with Gasteiger partial charge >= 0.3 is 0 Å². The van der Waals surface area contributed by atoms with Crippen LogP contribution in [0.3, 0.4) is 0 Å². The Hall–Kier alpha value is -1.15. The molecule has 7 heteroatoms. The zero-order valence-electron chi connectivity index (χ0n) is 11.4. The highest BCUT2D eigenvalue weighted by atomic mass is 127. The second-order valence-corrected chi connectivity index (χ2v) is 6.33. The first-order valence-corrected chi connectivity index (χ1v) is 8.08. The minimum absolute atomic E-state index is 0.234. The molecule has 0 spiro atoms. The van der Waals surface area contributed by atoms with E-state index in [1.54, 1.807) is 10.7 Å². The van der Waals surface area contributed by atoms with Gasteiger partial charge in [-0.05, 0) is 34.7 Å².